The van der Waals surface area contributed by atoms with Crippen molar-refractivity contribution < 1.29 is 22.6 Å². The van der Waals surface area contributed by atoms with Crippen molar-refractivity contribution >= 4 is 27.6 Å². The molecule has 1 fully saturated rings. The van der Waals surface area contributed by atoms with Crippen LogP contribution in [0.1, 0.15) is 43.4 Å². The number of rotatable bonds is 11. The number of nitrogens with zero attached hydrogens (tertiary/aromatic N) is 5. The number of aromatic nitrogens is 5. The molecular formula is C23H30ClN7O5S. The topological polar surface area (TPSA) is 156 Å². The van der Waals surface area contributed by atoms with Crippen molar-refractivity contribution in [2.75, 3.05) is 32.6 Å². The third-order valence-corrected chi connectivity index (χ3v) is 8.55. The smallest absolute Gasteiger partial charge is 0.243 e. The summed E-state index contributed by atoms with van der Waals surface area (Å²) in [5.74, 6) is 1.85. The standard InChI is InChI=1S/C23H30ClN7O5S/c1-13(20(36-4)21-26-11-15(24)12-27-21)37(32,33)30-23-29-28-22(16-9-8-14(16)10-25)31(23)19-17(34-2)6-5-7-18(19)35-3/h5-7,11-14,16,20H,8-10,25H2,1-4H3,(H,29,30)/t13-,14-,16+,20-/m0/s1. The quantitative estimate of drug-likeness (QED) is 0.363. The first-order chi connectivity index (χ1) is 17.7. The fraction of sp³-hybridized carbons (Fsp3) is 0.478. The number of ether oxygens (including phenoxy) is 3. The van der Waals surface area contributed by atoms with Gasteiger partial charge in [-0.3, -0.25) is 9.29 Å². The summed E-state index contributed by atoms with van der Waals surface area (Å²) in [5, 5.41) is 7.84. The zero-order chi connectivity index (χ0) is 26.7. The summed E-state index contributed by atoms with van der Waals surface area (Å²) < 4.78 is 48.1. The molecule has 3 N–H and O–H groups in total. The number of methoxy groups -OCH3 is 3. The van der Waals surface area contributed by atoms with Gasteiger partial charge in [0.15, 0.2) is 5.82 Å². The number of hydrogen-bond acceptors (Lipinski definition) is 10. The molecule has 1 aliphatic rings. The second kappa shape index (κ2) is 11.2. The molecule has 200 valence electrons. The van der Waals surface area contributed by atoms with Crippen molar-refractivity contribution in [2.45, 2.75) is 37.0 Å². The van der Waals surface area contributed by atoms with Crippen LogP contribution in [-0.4, -0.2) is 66.3 Å². The fourth-order valence-corrected chi connectivity index (χ4v) is 5.65. The predicted octanol–water partition coefficient (Wildman–Crippen LogP) is 2.70. The molecule has 2 heterocycles. The van der Waals surface area contributed by atoms with Gasteiger partial charge in [0, 0.05) is 25.4 Å². The summed E-state index contributed by atoms with van der Waals surface area (Å²) >= 11 is 5.88. The largest absolute Gasteiger partial charge is 0.494 e. The third kappa shape index (κ3) is 5.21. The molecule has 3 aromatic rings. The molecule has 37 heavy (non-hydrogen) atoms. The molecule has 14 heteroatoms. The van der Waals surface area contributed by atoms with E-state index >= 15 is 0 Å². The van der Waals surface area contributed by atoms with E-state index in [-0.39, 0.29) is 23.6 Å². The lowest BCUT2D eigenvalue weighted by Gasteiger charge is -2.35. The van der Waals surface area contributed by atoms with Crippen LogP contribution in [0.5, 0.6) is 11.5 Å². The summed E-state index contributed by atoms with van der Waals surface area (Å²) in [5.41, 5.74) is 6.45. The zero-order valence-corrected chi connectivity index (χ0v) is 22.5. The first-order valence-electron chi connectivity index (χ1n) is 11.6. The first-order valence-corrected chi connectivity index (χ1v) is 13.6. The minimum absolute atomic E-state index is 0.00279. The highest BCUT2D eigenvalue weighted by Crippen LogP contribution is 2.45. The highest BCUT2D eigenvalue weighted by molar-refractivity contribution is 7.93. The molecule has 0 aliphatic heterocycles. The molecule has 0 saturated heterocycles. The summed E-state index contributed by atoms with van der Waals surface area (Å²) in [6.45, 7) is 1.98. The molecule has 0 unspecified atom stereocenters. The van der Waals surface area contributed by atoms with E-state index in [9.17, 15) is 8.42 Å². The highest BCUT2D eigenvalue weighted by atomic mass is 35.5. The lowest BCUT2D eigenvalue weighted by molar-refractivity contribution is 0.0950. The Hall–Kier alpha value is -3.00. The summed E-state index contributed by atoms with van der Waals surface area (Å²) in [4.78, 5) is 8.25. The van der Waals surface area contributed by atoms with Gasteiger partial charge >= 0.3 is 0 Å². The van der Waals surface area contributed by atoms with E-state index in [0.29, 0.717) is 34.6 Å². The van der Waals surface area contributed by atoms with Gasteiger partial charge in [0.2, 0.25) is 16.0 Å². The second-order valence-corrected chi connectivity index (χ2v) is 11.2. The van der Waals surface area contributed by atoms with Gasteiger partial charge in [-0.1, -0.05) is 17.7 Å². The van der Waals surface area contributed by atoms with E-state index in [2.05, 4.69) is 24.9 Å². The van der Waals surface area contributed by atoms with Crippen LogP contribution in [0, 0.1) is 5.92 Å². The van der Waals surface area contributed by atoms with Crippen molar-refractivity contribution in [1.29, 1.82) is 0 Å². The maximum absolute atomic E-state index is 13.6. The Morgan fingerprint density at radius 1 is 1.14 bits per heavy atom. The molecule has 4 rings (SSSR count). The molecule has 12 nitrogen and oxygen atoms in total. The SMILES string of the molecule is COc1cccc(OC)c1-n1c(NS(=O)(=O)[C@@H](C)[C@H](OC)c2ncc(Cl)cn2)nnc1[C@@H]1CC[C@H]1CN. The predicted molar refractivity (Wildman–Crippen MR) is 138 cm³/mol. The minimum atomic E-state index is -4.09. The van der Waals surface area contributed by atoms with Gasteiger partial charge in [0.05, 0.1) is 19.2 Å². The van der Waals surface area contributed by atoms with Crippen molar-refractivity contribution in [2.24, 2.45) is 11.7 Å². The van der Waals surface area contributed by atoms with E-state index in [1.54, 1.807) is 22.8 Å². The fourth-order valence-electron chi connectivity index (χ4n) is 4.43. The van der Waals surface area contributed by atoms with Crippen LogP contribution in [0.2, 0.25) is 5.02 Å². The monoisotopic (exact) mass is 551 g/mol. The molecule has 1 aromatic carbocycles. The van der Waals surface area contributed by atoms with Crippen LogP contribution >= 0.6 is 11.6 Å². The molecule has 1 aliphatic carbocycles. The highest BCUT2D eigenvalue weighted by Gasteiger charge is 2.39. The van der Waals surface area contributed by atoms with Crippen LogP contribution in [0.3, 0.4) is 0 Å². The molecule has 0 radical (unpaired) electrons. The average Bonchev–Trinajstić information content (AvgIpc) is 3.25. The van der Waals surface area contributed by atoms with Crippen molar-refractivity contribution in [1.82, 2.24) is 24.7 Å². The van der Waals surface area contributed by atoms with Gasteiger partial charge in [-0.25, -0.2) is 18.4 Å². The molecule has 1 saturated carbocycles. The summed E-state index contributed by atoms with van der Waals surface area (Å²) in [7, 11) is 0.344. The zero-order valence-electron chi connectivity index (χ0n) is 21.0. The molecule has 2 aromatic heterocycles. The number of nitrogens with one attached hydrogen (secondary N) is 1. The number of sulfonamides is 1. The minimum Gasteiger partial charge on any atom is -0.494 e. The lowest BCUT2D eigenvalue weighted by Crippen LogP contribution is -2.34. The van der Waals surface area contributed by atoms with Gasteiger partial charge in [-0.2, -0.15) is 0 Å². The Balaban J connectivity index is 1.78. The Kier molecular flexibility index (Phi) is 8.17. The average molecular weight is 552 g/mol. The normalized spacial score (nSPS) is 19.1. The number of halogens is 1. The Labute approximate surface area is 220 Å². The van der Waals surface area contributed by atoms with Gasteiger partial charge in [0.25, 0.3) is 0 Å². The van der Waals surface area contributed by atoms with E-state index in [0.717, 1.165) is 12.8 Å². The number of nitrogens with two attached hydrogens (primary N) is 1. The van der Waals surface area contributed by atoms with Crippen molar-refractivity contribution in [3.63, 3.8) is 0 Å². The molecule has 0 spiro atoms. The molecule has 0 amide bonds. The van der Waals surface area contributed by atoms with Gasteiger partial charge < -0.3 is 19.9 Å². The number of para-hydroxylation sites is 1. The second-order valence-electron chi connectivity index (χ2n) is 8.68. The van der Waals surface area contributed by atoms with Crippen LogP contribution in [0.25, 0.3) is 5.69 Å². The van der Waals surface area contributed by atoms with Crippen molar-refractivity contribution in [3.8, 4) is 17.2 Å². The van der Waals surface area contributed by atoms with Gasteiger partial charge in [-0.15, -0.1) is 10.2 Å². The Morgan fingerprint density at radius 2 is 1.78 bits per heavy atom. The Morgan fingerprint density at radius 3 is 2.30 bits per heavy atom. The van der Waals surface area contributed by atoms with E-state index in [4.69, 9.17) is 31.5 Å². The Bertz CT molecular complexity index is 1310. The number of benzene rings is 1. The van der Waals surface area contributed by atoms with E-state index in [1.807, 2.05) is 0 Å². The lowest BCUT2D eigenvalue weighted by atomic mass is 9.73. The maximum Gasteiger partial charge on any atom is 0.243 e. The van der Waals surface area contributed by atoms with E-state index < -0.39 is 21.4 Å². The molecule has 4 atom stereocenters. The molecular weight excluding hydrogens is 522 g/mol. The van der Waals surface area contributed by atoms with Crippen LogP contribution in [0.15, 0.2) is 30.6 Å². The molecule has 0 bridgehead atoms. The van der Waals surface area contributed by atoms with Crippen molar-refractivity contribution in [3.05, 3.63) is 47.3 Å². The first kappa shape index (κ1) is 27.0. The number of hydrogen-bond donors (Lipinski definition) is 2. The maximum atomic E-state index is 13.6. The van der Waals surface area contributed by atoms with Crippen LogP contribution in [0.4, 0.5) is 5.95 Å². The third-order valence-electron chi connectivity index (χ3n) is 6.66. The van der Waals surface area contributed by atoms with Crippen LogP contribution < -0.4 is 19.9 Å². The van der Waals surface area contributed by atoms with Gasteiger partial charge in [-0.05, 0) is 44.4 Å². The van der Waals surface area contributed by atoms with Crippen LogP contribution in [-0.2, 0) is 14.8 Å². The summed E-state index contributed by atoms with van der Waals surface area (Å²) in [6.07, 6.45) is 3.59. The van der Waals surface area contributed by atoms with Gasteiger partial charge in [0.1, 0.15) is 34.4 Å². The van der Waals surface area contributed by atoms with E-state index in [1.165, 1.54) is 40.6 Å². The number of anilines is 1. The summed E-state index contributed by atoms with van der Waals surface area (Å²) in [6, 6.07) is 5.28.